The van der Waals surface area contributed by atoms with E-state index in [4.69, 9.17) is 18.8 Å². The Labute approximate surface area is 287 Å². The summed E-state index contributed by atoms with van der Waals surface area (Å²) in [6, 6.07) is 48.8. The second-order valence-electron chi connectivity index (χ2n) is 12.9. The van der Waals surface area contributed by atoms with Crippen LogP contribution in [0.2, 0.25) is 0 Å². The highest BCUT2D eigenvalue weighted by Crippen LogP contribution is 2.48. The minimum atomic E-state index is 0.557. The molecule has 5 heterocycles. The predicted octanol–water partition coefficient (Wildman–Crippen LogP) is 12.6. The van der Waals surface area contributed by atoms with Crippen LogP contribution in [-0.4, -0.2) is 14.5 Å². The SMILES string of the molecule is c1ccc2c(c1)oc1ccc(-c3nc(-n4c5ccccc5c5c6sc7ccccc7c6c6ccccc6c54)nc4oc5ccccc5c34)cc12. The molecule has 12 rings (SSSR count). The molecule has 5 aromatic heterocycles. The molecule has 0 saturated heterocycles. The van der Waals surface area contributed by atoms with Gasteiger partial charge >= 0.3 is 0 Å². The molecule has 0 amide bonds. The summed E-state index contributed by atoms with van der Waals surface area (Å²) in [5, 5.41) is 11.4. The Kier molecular flexibility index (Phi) is 5.06. The second kappa shape index (κ2) is 9.56. The zero-order valence-corrected chi connectivity index (χ0v) is 27.2. The predicted molar refractivity (Wildman–Crippen MR) is 207 cm³/mol. The Morgan fingerprint density at radius 2 is 1.14 bits per heavy atom. The molecule has 0 fully saturated rings. The third-order valence-corrected chi connectivity index (χ3v) is 11.4. The summed E-state index contributed by atoms with van der Waals surface area (Å²) in [6.07, 6.45) is 0. The Bertz CT molecular complexity index is 3400. The van der Waals surface area contributed by atoms with Crippen molar-refractivity contribution in [3.63, 3.8) is 0 Å². The minimum absolute atomic E-state index is 0.557. The monoisotopic (exact) mass is 657 g/mol. The first kappa shape index (κ1) is 26.5. The van der Waals surface area contributed by atoms with Gasteiger partial charge in [-0.25, -0.2) is 4.98 Å². The lowest BCUT2D eigenvalue weighted by Gasteiger charge is -2.11. The number of furan rings is 2. The highest BCUT2D eigenvalue weighted by atomic mass is 32.1. The highest BCUT2D eigenvalue weighted by molar-refractivity contribution is 7.27. The molecule has 0 spiro atoms. The number of aromatic nitrogens is 3. The molecular formula is C44H23N3O2S. The van der Waals surface area contributed by atoms with Crippen LogP contribution in [0.5, 0.6) is 0 Å². The van der Waals surface area contributed by atoms with Crippen LogP contribution in [0, 0.1) is 0 Å². The minimum Gasteiger partial charge on any atom is -0.456 e. The number of rotatable bonds is 2. The van der Waals surface area contributed by atoms with Gasteiger partial charge in [0.05, 0.1) is 22.1 Å². The van der Waals surface area contributed by atoms with E-state index in [0.717, 1.165) is 66.0 Å². The molecule has 0 saturated carbocycles. The van der Waals surface area contributed by atoms with E-state index >= 15 is 0 Å². The Morgan fingerprint density at radius 1 is 0.480 bits per heavy atom. The van der Waals surface area contributed by atoms with Crippen LogP contribution in [0.1, 0.15) is 0 Å². The molecular weight excluding hydrogens is 635 g/mol. The molecule has 50 heavy (non-hydrogen) atoms. The number of hydrogen-bond acceptors (Lipinski definition) is 5. The topological polar surface area (TPSA) is 57.0 Å². The molecule has 0 N–H and O–H groups in total. The van der Waals surface area contributed by atoms with Crippen molar-refractivity contribution >= 4 is 108 Å². The molecule has 232 valence electrons. The number of para-hydroxylation sites is 3. The van der Waals surface area contributed by atoms with Crippen LogP contribution in [0.15, 0.2) is 148 Å². The molecule has 0 unspecified atom stereocenters. The van der Waals surface area contributed by atoms with Gasteiger partial charge in [0.2, 0.25) is 11.7 Å². The van der Waals surface area contributed by atoms with Gasteiger partial charge in [-0.3, -0.25) is 4.57 Å². The summed E-state index contributed by atoms with van der Waals surface area (Å²) in [5.74, 6) is 0.570. The van der Waals surface area contributed by atoms with Crippen LogP contribution < -0.4 is 0 Å². The van der Waals surface area contributed by atoms with Crippen molar-refractivity contribution in [2.24, 2.45) is 0 Å². The number of benzene rings is 7. The van der Waals surface area contributed by atoms with E-state index < -0.39 is 0 Å². The van der Waals surface area contributed by atoms with Gasteiger partial charge in [0, 0.05) is 58.1 Å². The number of fused-ring (bicyclic) bond motifs is 16. The molecule has 0 radical (unpaired) electrons. The average molecular weight is 658 g/mol. The number of nitrogens with zero attached hydrogens (tertiary/aromatic N) is 3. The number of thiophene rings is 1. The Balaban J connectivity index is 1.26. The van der Waals surface area contributed by atoms with Crippen molar-refractivity contribution in [2.75, 3.05) is 0 Å². The molecule has 6 heteroatoms. The summed E-state index contributed by atoms with van der Waals surface area (Å²) in [5.41, 5.74) is 6.99. The maximum Gasteiger partial charge on any atom is 0.238 e. The van der Waals surface area contributed by atoms with Crippen LogP contribution >= 0.6 is 11.3 Å². The van der Waals surface area contributed by atoms with E-state index in [1.54, 1.807) is 0 Å². The van der Waals surface area contributed by atoms with Crippen molar-refractivity contribution in [1.82, 2.24) is 14.5 Å². The quantitative estimate of drug-likeness (QED) is 0.186. The molecule has 12 aromatic rings. The van der Waals surface area contributed by atoms with Crippen molar-refractivity contribution in [1.29, 1.82) is 0 Å². The molecule has 0 aliphatic rings. The molecule has 7 aromatic carbocycles. The van der Waals surface area contributed by atoms with E-state index in [0.29, 0.717) is 11.7 Å². The molecule has 0 aliphatic heterocycles. The zero-order chi connectivity index (χ0) is 32.5. The summed E-state index contributed by atoms with van der Waals surface area (Å²) in [6.45, 7) is 0. The van der Waals surface area contributed by atoms with Gasteiger partial charge in [0.1, 0.15) is 16.7 Å². The van der Waals surface area contributed by atoms with Gasteiger partial charge in [-0.2, -0.15) is 4.98 Å². The lowest BCUT2D eigenvalue weighted by atomic mass is 10.00. The standard InChI is InChI=1S/C44H23N3O2S/c1-2-13-27-26(12-1)37-30-16-6-10-20-36(30)50-42(37)39-28-14-3-7-17-32(28)47(41(27)39)44-45-40(38-29-15-5-9-19-34(29)49-43(38)46-44)24-21-22-35-31(23-24)25-11-4-8-18-33(25)48-35/h1-23H. The van der Waals surface area contributed by atoms with Crippen LogP contribution in [0.4, 0.5) is 0 Å². The van der Waals surface area contributed by atoms with E-state index in [2.05, 4.69) is 108 Å². The molecule has 0 aliphatic carbocycles. The number of hydrogen-bond donors (Lipinski definition) is 0. The Morgan fingerprint density at radius 3 is 2.00 bits per heavy atom. The third kappa shape index (κ3) is 3.40. The van der Waals surface area contributed by atoms with Gasteiger partial charge in [-0.05, 0) is 47.9 Å². The van der Waals surface area contributed by atoms with Crippen LogP contribution in [-0.2, 0) is 0 Å². The normalized spacial score (nSPS) is 12.4. The first-order valence-electron chi connectivity index (χ1n) is 16.7. The van der Waals surface area contributed by atoms with Crippen molar-refractivity contribution < 1.29 is 8.83 Å². The lowest BCUT2D eigenvalue weighted by molar-refractivity contribution is 0.651. The van der Waals surface area contributed by atoms with Gasteiger partial charge in [0.15, 0.2) is 0 Å². The van der Waals surface area contributed by atoms with Crippen LogP contribution in [0.3, 0.4) is 0 Å². The fourth-order valence-corrected chi connectivity index (χ4v) is 9.40. The largest absolute Gasteiger partial charge is 0.456 e. The van der Waals surface area contributed by atoms with Gasteiger partial charge in [-0.15, -0.1) is 11.3 Å². The van der Waals surface area contributed by atoms with Crippen LogP contribution in [0.25, 0.3) is 114 Å². The molecule has 5 nitrogen and oxygen atoms in total. The van der Waals surface area contributed by atoms with E-state index in [1.807, 2.05) is 47.7 Å². The molecule has 0 bridgehead atoms. The highest BCUT2D eigenvalue weighted by Gasteiger charge is 2.25. The summed E-state index contributed by atoms with van der Waals surface area (Å²) in [7, 11) is 0. The van der Waals surface area contributed by atoms with Gasteiger partial charge < -0.3 is 8.83 Å². The lowest BCUT2D eigenvalue weighted by Crippen LogP contribution is -2.03. The third-order valence-electron chi connectivity index (χ3n) is 10.2. The molecule has 0 atom stereocenters. The summed E-state index contributed by atoms with van der Waals surface area (Å²) >= 11 is 1.86. The zero-order valence-electron chi connectivity index (χ0n) is 26.3. The van der Waals surface area contributed by atoms with E-state index in [1.165, 1.54) is 36.3 Å². The van der Waals surface area contributed by atoms with Gasteiger partial charge in [-0.1, -0.05) is 97.1 Å². The summed E-state index contributed by atoms with van der Waals surface area (Å²) < 4.78 is 17.5. The van der Waals surface area contributed by atoms with Crippen molar-refractivity contribution in [2.45, 2.75) is 0 Å². The fraction of sp³-hybridized carbons (Fsp3) is 0. The first-order valence-corrected chi connectivity index (χ1v) is 17.5. The summed E-state index contributed by atoms with van der Waals surface area (Å²) in [4.78, 5) is 10.7. The maximum absolute atomic E-state index is 6.54. The smallest absolute Gasteiger partial charge is 0.238 e. The van der Waals surface area contributed by atoms with Crippen molar-refractivity contribution in [3.8, 4) is 17.2 Å². The fourth-order valence-electron chi connectivity index (χ4n) is 8.12. The first-order chi connectivity index (χ1) is 24.8. The Hall–Kier alpha value is -6.50. The van der Waals surface area contributed by atoms with E-state index in [9.17, 15) is 0 Å². The van der Waals surface area contributed by atoms with Gasteiger partial charge in [0.25, 0.3) is 0 Å². The average Bonchev–Trinajstić information content (AvgIpc) is 3.93. The second-order valence-corrected chi connectivity index (χ2v) is 13.9. The van der Waals surface area contributed by atoms with Crippen molar-refractivity contribution in [3.05, 3.63) is 140 Å². The maximum atomic E-state index is 6.54. The van der Waals surface area contributed by atoms with E-state index in [-0.39, 0.29) is 0 Å².